The van der Waals surface area contributed by atoms with Crippen LogP contribution in [0.4, 0.5) is 11.4 Å². The third-order valence-corrected chi connectivity index (χ3v) is 8.21. The molecule has 7 nitrogen and oxygen atoms in total. The molecule has 1 aliphatic heterocycles. The molecule has 0 radical (unpaired) electrons. The van der Waals surface area contributed by atoms with E-state index in [1.54, 1.807) is 18.7 Å². The SMILES string of the molecule is N#Cc1cnc2cc(-c3ccc(CN4CCN(CCO)CC4)cc3)ccc2c1Nc1ccc(Cc2ccoc2)c(Cl)c1. The van der Waals surface area contributed by atoms with Crippen molar-refractivity contribution < 1.29 is 9.52 Å². The molecule has 1 fully saturated rings. The molecule has 42 heavy (non-hydrogen) atoms. The van der Waals surface area contributed by atoms with Crippen LogP contribution in [0.1, 0.15) is 22.3 Å². The highest BCUT2D eigenvalue weighted by Gasteiger charge is 2.17. The zero-order chi connectivity index (χ0) is 28.9. The lowest BCUT2D eigenvalue weighted by Gasteiger charge is -2.34. The predicted molar refractivity (Wildman–Crippen MR) is 167 cm³/mol. The summed E-state index contributed by atoms with van der Waals surface area (Å²) in [6.45, 7) is 5.93. The van der Waals surface area contributed by atoms with Gasteiger partial charge in [-0.1, -0.05) is 54.1 Å². The number of nitrogens with zero attached hydrogens (tertiary/aromatic N) is 4. The number of pyridine rings is 1. The average molecular weight is 578 g/mol. The van der Waals surface area contributed by atoms with Crippen LogP contribution in [0, 0.1) is 11.3 Å². The number of aromatic nitrogens is 1. The standard InChI is InChI=1S/C34H32ClN5O2/c35-32-19-30(7-5-28(32)17-25-9-16-42-23-25)38-34-29(20-36)21-37-33-18-27(6-8-31(33)34)26-3-1-24(2-4-26)22-40-12-10-39(11-13-40)14-15-41/h1-9,16,18-19,21,23,41H,10-15,17,22H2,(H,37,38). The van der Waals surface area contributed by atoms with E-state index in [2.05, 4.69) is 62.6 Å². The fraction of sp³-hybridized carbons (Fsp3) is 0.235. The number of β-amino-alcohol motifs (C(OH)–C–C–N with tert-alkyl or cyclic N) is 1. The van der Waals surface area contributed by atoms with Crippen molar-refractivity contribution in [1.29, 1.82) is 5.26 Å². The first-order valence-corrected chi connectivity index (χ1v) is 14.5. The summed E-state index contributed by atoms with van der Waals surface area (Å²) in [6, 6.07) is 24.9. The van der Waals surface area contributed by atoms with E-state index in [9.17, 15) is 5.26 Å². The Morgan fingerprint density at radius 1 is 0.929 bits per heavy atom. The van der Waals surface area contributed by atoms with Crippen LogP contribution in [0.25, 0.3) is 22.0 Å². The summed E-state index contributed by atoms with van der Waals surface area (Å²) in [6.07, 6.45) is 5.68. The molecule has 2 aromatic heterocycles. The van der Waals surface area contributed by atoms with Gasteiger partial charge in [0.2, 0.25) is 0 Å². The first-order chi connectivity index (χ1) is 20.6. The van der Waals surface area contributed by atoms with Crippen LogP contribution in [0.15, 0.2) is 89.9 Å². The molecule has 1 saturated heterocycles. The lowest BCUT2D eigenvalue weighted by Crippen LogP contribution is -2.46. The number of fused-ring (bicyclic) bond motifs is 1. The Kier molecular flexibility index (Phi) is 8.50. The van der Waals surface area contributed by atoms with Crippen LogP contribution in [0.2, 0.25) is 5.02 Å². The lowest BCUT2D eigenvalue weighted by molar-refractivity contribution is 0.108. The molecule has 3 aromatic carbocycles. The number of furan rings is 1. The Morgan fingerprint density at radius 2 is 1.71 bits per heavy atom. The third-order valence-electron chi connectivity index (χ3n) is 7.86. The van der Waals surface area contributed by atoms with E-state index >= 15 is 0 Å². The Balaban J connectivity index is 1.19. The number of aliphatic hydroxyl groups is 1. The largest absolute Gasteiger partial charge is 0.472 e. The van der Waals surface area contributed by atoms with Crippen LogP contribution >= 0.6 is 11.6 Å². The lowest BCUT2D eigenvalue weighted by atomic mass is 10.0. The number of nitrogens with one attached hydrogen (secondary N) is 1. The highest BCUT2D eigenvalue weighted by molar-refractivity contribution is 6.31. The zero-order valence-electron chi connectivity index (χ0n) is 23.3. The van der Waals surface area contributed by atoms with Gasteiger partial charge in [0.15, 0.2) is 0 Å². The summed E-state index contributed by atoms with van der Waals surface area (Å²) in [4.78, 5) is 9.38. The molecule has 0 bridgehead atoms. The molecule has 0 amide bonds. The van der Waals surface area contributed by atoms with E-state index in [1.165, 1.54) is 5.56 Å². The Bertz CT molecular complexity index is 1710. The summed E-state index contributed by atoms with van der Waals surface area (Å²) in [5.41, 5.74) is 8.32. The second-order valence-corrected chi connectivity index (χ2v) is 11.1. The van der Waals surface area contributed by atoms with Crippen molar-refractivity contribution in [2.45, 2.75) is 13.0 Å². The van der Waals surface area contributed by atoms with Crippen LogP contribution in [-0.2, 0) is 13.0 Å². The minimum Gasteiger partial charge on any atom is -0.472 e. The van der Waals surface area contributed by atoms with Crippen LogP contribution < -0.4 is 5.32 Å². The highest BCUT2D eigenvalue weighted by Crippen LogP contribution is 2.33. The number of piperazine rings is 1. The number of nitriles is 1. The van der Waals surface area contributed by atoms with Crippen molar-refractivity contribution in [2.24, 2.45) is 0 Å². The van der Waals surface area contributed by atoms with E-state index < -0.39 is 0 Å². The second kappa shape index (κ2) is 12.8. The summed E-state index contributed by atoms with van der Waals surface area (Å²) in [5, 5.41) is 23.9. The first kappa shape index (κ1) is 28.0. The van der Waals surface area contributed by atoms with E-state index in [0.717, 1.165) is 78.1 Å². The maximum atomic E-state index is 9.83. The number of halogens is 1. The first-order valence-electron chi connectivity index (χ1n) is 14.1. The van der Waals surface area contributed by atoms with Crippen molar-refractivity contribution >= 4 is 33.9 Å². The van der Waals surface area contributed by atoms with Gasteiger partial charge in [-0.15, -0.1) is 0 Å². The molecular weight excluding hydrogens is 546 g/mol. The van der Waals surface area contributed by atoms with Gasteiger partial charge in [0.25, 0.3) is 0 Å². The van der Waals surface area contributed by atoms with E-state index in [0.29, 0.717) is 22.7 Å². The molecule has 0 unspecified atom stereocenters. The fourth-order valence-electron chi connectivity index (χ4n) is 5.49. The average Bonchev–Trinajstić information content (AvgIpc) is 3.53. The van der Waals surface area contributed by atoms with Crippen molar-refractivity contribution in [1.82, 2.24) is 14.8 Å². The van der Waals surface area contributed by atoms with Crippen LogP contribution in [0.5, 0.6) is 0 Å². The van der Waals surface area contributed by atoms with Gasteiger partial charge >= 0.3 is 0 Å². The molecule has 0 aliphatic carbocycles. The fourth-order valence-corrected chi connectivity index (χ4v) is 5.74. The number of hydrogen-bond acceptors (Lipinski definition) is 7. The number of rotatable bonds is 9. The molecule has 0 spiro atoms. The molecule has 212 valence electrons. The van der Waals surface area contributed by atoms with Crippen molar-refractivity contribution in [3.05, 3.63) is 113 Å². The number of anilines is 2. The van der Waals surface area contributed by atoms with Crippen LogP contribution in [0.3, 0.4) is 0 Å². The summed E-state index contributed by atoms with van der Waals surface area (Å²) in [7, 11) is 0. The van der Waals surface area contributed by atoms with Gasteiger partial charge in [-0.25, -0.2) is 0 Å². The minimum absolute atomic E-state index is 0.222. The Hall–Kier alpha value is -4.19. The van der Waals surface area contributed by atoms with E-state index in [-0.39, 0.29) is 6.61 Å². The summed E-state index contributed by atoms with van der Waals surface area (Å²) >= 11 is 6.62. The minimum atomic E-state index is 0.222. The molecule has 2 N–H and O–H groups in total. The monoisotopic (exact) mass is 577 g/mol. The molecule has 6 rings (SSSR count). The second-order valence-electron chi connectivity index (χ2n) is 10.7. The quantitative estimate of drug-likeness (QED) is 0.208. The number of aliphatic hydroxyl groups excluding tert-OH is 1. The maximum Gasteiger partial charge on any atom is 0.103 e. The predicted octanol–water partition coefficient (Wildman–Crippen LogP) is 6.46. The molecular formula is C34H32ClN5O2. The zero-order valence-corrected chi connectivity index (χ0v) is 24.0. The Morgan fingerprint density at radius 3 is 2.43 bits per heavy atom. The van der Waals surface area contributed by atoms with Gasteiger partial charge in [-0.05, 0) is 52.1 Å². The normalized spacial score (nSPS) is 14.2. The van der Waals surface area contributed by atoms with Gasteiger partial charge in [-0.2, -0.15) is 5.26 Å². The summed E-state index contributed by atoms with van der Waals surface area (Å²) in [5.74, 6) is 0. The van der Waals surface area contributed by atoms with Gasteiger partial charge in [0.1, 0.15) is 6.07 Å². The van der Waals surface area contributed by atoms with E-state index in [4.69, 9.17) is 21.1 Å². The molecule has 8 heteroatoms. The highest BCUT2D eigenvalue weighted by atomic mass is 35.5. The number of hydrogen-bond donors (Lipinski definition) is 2. The van der Waals surface area contributed by atoms with Crippen molar-refractivity contribution in [3.63, 3.8) is 0 Å². The van der Waals surface area contributed by atoms with Gasteiger partial charge in [-0.3, -0.25) is 14.8 Å². The molecule has 5 aromatic rings. The van der Waals surface area contributed by atoms with Gasteiger partial charge in [0, 0.05) is 68.0 Å². The summed E-state index contributed by atoms with van der Waals surface area (Å²) < 4.78 is 5.17. The van der Waals surface area contributed by atoms with Crippen molar-refractivity contribution in [3.8, 4) is 17.2 Å². The molecule has 1 aliphatic rings. The smallest absolute Gasteiger partial charge is 0.103 e. The topological polar surface area (TPSA) is 88.6 Å². The molecule has 0 atom stereocenters. The molecule has 3 heterocycles. The van der Waals surface area contributed by atoms with Crippen LogP contribution in [-0.4, -0.2) is 59.2 Å². The van der Waals surface area contributed by atoms with Gasteiger partial charge in [0.05, 0.1) is 35.9 Å². The van der Waals surface area contributed by atoms with Crippen molar-refractivity contribution in [2.75, 3.05) is 44.6 Å². The van der Waals surface area contributed by atoms with E-state index in [1.807, 2.05) is 30.3 Å². The van der Waals surface area contributed by atoms with Gasteiger partial charge < -0.3 is 14.8 Å². The maximum absolute atomic E-state index is 9.83. The third kappa shape index (κ3) is 6.33. The number of benzene rings is 3. The molecule has 0 saturated carbocycles. The Labute approximate surface area is 250 Å².